The quantitative estimate of drug-likeness (QED) is 0.677. The normalized spacial score (nSPS) is 14.5. The van der Waals surface area contributed by atoms with Gasteiger partial charge in [0.1, 0.15) is 18.5 Å². The molecule has 1 aromatic carbocycles. The fourth-order valence-electron chi connectivity index (χ4n) is 3.58. The van der Waals surface area contributed by atoms with E-state index in [1.54, 1.807) is 7.11 Å². The minimum atomic E-state index is -0.481. The fourth-order valence-corrected chi connectivity index (χ4v) is 3.58. The van der Waals surface area contributed by atoms with Crippen molar-refractivity contribution in [3.63, 3.8) is 0 Å². The molecule has 8 nitrogen and oxygen atoms in total. The largest absolute Gasteiger partial charge is 0.494 e. The summed E-state index contributed by atoms with van der Waals surface area (Å²) in [5, 5.41) is 8.53. The van der Waals surface area contributed by atoms with Crippen LogP contribution in [0.3, 0.4) is 0 Å². The maximum absolute atomic E-state index is 12.4. The first-order valence-electron chi connectivity index (χ1n) is 9.17. The molecule has 1 aliphatic heterocycles. The van der Waals surface area contributed by atoms with Crippen molar-refractivity contribution in [2.45, 2.75) is 31.4 Å². The van der Waals surface area contributed by atoms with E-state index in [4.69, 9.17) is 4.74 Å². The topological polar surface area (TPSA) is 110 Å². The van der Waals surface area contributed by atoms with E-state index >= 15 is 0 Å². The van der Waals surface area contributed by atoms with E-state index in [0.717, 1.165) is 36.6 Å². The zero-order valence-electron chi connectivity index (χ0n) is 15.4. The summed E-state index contributed by atoms with van der Waals surface area (Å²) in [5.74, 6) is 0.841. The molecule has 2 aromatic heterocycles. The van der Waals surface area contributed by atoms with Crippen LogP contribution >= 0.6 is 0 Å². The van der Waals surface area contributed by atoms with Gasteiger partial charge in [0, 0.05) is 6.07 Å². The van der Waals surface area contributed by atoms with Crippen LogP contribution in [0.2, 0.25) is 12.6 Å². The molecule has 2 N–H and O–H groups in total. The van der Waals surface area contributed by atoms with Crippen molar-refractivity contribution in [2.24, 2.45) is 0 Å². The molecule has 1 aliphatic rings. The van der Waals surface area contributed by atoms with Crippen molar-refractivity contribution in [3.8, 4) is 5.75 Å². The highest BCUT2D eigenvalue weighted by Crippen LogP contribution is 2.37. The number of nitrogens with one attached hydrogen (secondary N) is 2. The van der Waals surface area contributed by atoms with Gasteiger partial charge in [0.2, 0.25) is 0 Å². The Morgan fingerprint density at radius 2 is 2.07 bits per heavy atom. The lowest BCUT2D eigenvalue weighted by Crippen LogP contribution is -2.17. The summed E-state index contributed by atoms with van der Waals surface area (Å²) in [4.78, 5) is 32.8. The molecule has 0 atom stereocenters. The predicted molar refractivity (Wildman–Crippen MR) is 106 cm³/mol. The number of H-pyrrole nitrogens is 1. The Bertz CT molecular complexity index is 1080. The van der Waals surface area contributed by atoms with E-state index in [0.29, 0.717) is 17.2 Å². The van der Waals surface area contributed by atoms with Gasteiger partial charge in [-0.15, -0.1) is 0 Å². The summed E-state index contributed by atoms with van der Waals surface area (Å²) >= 11 is 0. The second kappa shape index (κ2) is 7.79. The molecule has 1 saturated heterocycles. The molecule has 1 fully saturated rings. The molecular weight excluding hydrogens is 357 g/mol. The van der Waals surface area contributed by atoms with Crippen LogP contribution < -0.4 is 15.6 Å². The number of amides is 1. The average molecular weight is 376 g/mol. The van der Waals surface area contributed by atoms with Gasteiger partial charge in [-0.1, -0.05) is 31.5 Å². The second-order valence-corrected chi connectivity index (χ2v) is 6.74. The third-order valence-corrected chi connectivity index (χ3v) is 4.96. The summed E-state index contributed by atoms with van der Waals surface area (Å²) < 4.78 is 5.45. The van der Waals surface area contributed by atoms with E-state index in [2.05, 4.69) is 38.8 Å². The molecule has 0 bridgehead atoms. The molecule has 9 heteroatoms. The van der Waals surface area contributed by atoms with Gasteiger partial charge in [0.25, 0.3) is 11.5 Å². The van der Waals surface area contributed by atoms with E-state index in [1.807, 2.05) is 6.07 Å². The molecular formula is C19H19BN5O3. The number of ether oxygens (including phenoxy) is 1. The average Bonchev–Trinajstić information content (AvgIpc) is 2.73. The number of benzene rings is 1. The number of hydrogen-bond acceptors (Lipinski definition) is 6. The predicted octanol–water partition coefficient (Wildman–Crippen LogP) is 2.39. The fraction of sp³-hybridized carbons (Fsp3) is 0.316. The minimum Gasteiger partial charge on any atom is -0.494 e. The Kier molecular flexibility index (Phi) is 5.05. The third-order valence-electron chi connectivity index (χ3n) is 4.96. The van der Waals surface area contributed by atoms with Crippen molar-refractivity contribution in [1.29, 1.82) is 0 Å². The Morgan fingerprint density at radius 1 is 1.25 bits per heavy atom. The summed E-state index contributed by atoms with van der Waals surface area (Å²) in [6.45, 7) is 0. The lowest BCUT2D eigenvalue weighted by molar-refractivity contribution is 0.102. The first-order valence-corrected chi connectivity index (χ1v) is 9.17. The van der Waals surface area contributed by atoms with Crippen molar-refractivity contribution < 1.29 is 9.53 Å². The van der Waals surface area contributed by atoms with Crippen molar-refractivity contribution in [2.75, 3.05) is 12.4 Å². The van der Waals surface area contributed by atoms with E-state index < -0.39 is 11.5 Å². The van der Waals surface area contributed by atoms with Crippen molar-refractivity contribution in [1.82, 2.24) is 20.2 Å². The van der Waals surface area contributed by atoms with Crippen molar-refractivity contribution in [3.05, 3.63) is 52.1 Å². The number of methoxy groups -OCH3 is 1. The maximum Gasteiger partial charge on any atom is 0.264 e. The molecule has 4 rings (SSSR count). The lowest BCUT2D eigenvalue weighted by Gasteiger charge is -2.23. The first kappa shape index (κ1) is 18.2. The molecule has 0 unspecified atom stereocenters. The summed E-state index contributed by atoms with van der Waals surface area (Å²) in [6, 6.07) is 5.14. The Hall–Kier alpha value is -3.23. The molecule has 1 radical (unpaired) electrons. The second-order valence-electron chi connectivity index (χ2n) is 6.74. The molecule has 28 heavy (non-hydrogen) atoms. The van der Waals surface area contributed by atoms with Crippen LogP contribution in [0, 0.1) is 0 Å². The Morgan fingerprint density at radius 3 is 2.82 bits per heavy atom. The zero-order chi connectivity index (χ0) is 19.5. The van der Waals surface area contributed by atoms with Crippen LogP contribution in [0.1, 0.15) is 34.7 Å². The van der Waals surface area contributed by atoms with Crippen LogP contribution in [0.5, 0.6) is 5.75 Å². The Balaban J connectivity index is 1.69. The van der Waals surface area contributed by atoms with E-state index in [9.17, 15) is 9.59 Å². The number of carbonyl (C=O) groups excluding carboxylic acids is 1. The van der Waals surface area contributed by atoms with Crippen molar-refractivity contribution >= 4 is 30.0 Å². The van der Waals surface area contributed by atoms with Gasteiger partial charge in [-0.3, -0.25) is 14.6 Å². The SMILES string of the molecule is COc1ccc(C2CC[B]CC2)c2ncc(NC(=O)c3cn[nH]c(=O)c3)nc12. The van der Waals surface area contributed by atoms with Gasteiger partial charge in [-0.2, -0.15) is 5.10 Å². The van der Waals surface area contributed by atoms with E-state index in [1.165, 1.54) is 18.5 Å². The monoisotopic (exact) mass is 376 g/mol. The Labute approximate surface area is 162 Å². The lowest BCUT2D eigenvalue weighted by atomic mass is 9.60. The van der Waals surface area contributed by atoms with Gasteiger partial charge in [0.05, 0.1) is 30.6 Å². The molecule has 0 aliphatic carbocycles. The number of carbonyl (C=O) groups is 1. The van der Waals surface area contributed by atoms with Crippen LogP contribution in [0.4, 0.5) is 5.82 Å². The van der Waals surface area contributed by atoms with Gasteiger partial charge >= 0.3 is 0 Å². The highest BCUT2D eigenvalue weighted by Gasteiger charge is 2.21. The van der Waals surface area contributed by atoms with Crippen LogP contribution in [0.25, 0.3) is 11.0 Å². The molecule has 1 amide bonds. The number of aromatic amines is 1. The minimum absolute atomic E-state index is 0.143. The molecule has 0 saturated carbocycles. The molecule has 3 heterocycles. The van der Waals surface area contributed by atoms with Crippen LogP contribution in [-0.2, 0) is 0 Å². The number of hydrogen-bond donors (Lipinski definition) is 2. The number of aromatic nitrogens is 4. The summed E-state index contributed by atoms with van der Waals surface area (Å²) in [7, 11) is 3.91. The van der Waals surface area contributed by atoms with Gasteiger partial charge in [-0.05, 0) is 17.5 Å². The highest BCUT2D eigenvalue weighted by molar-refractivity contribution is 6.35. The maximum atomic E-state index is 12.4. The van der Waals surface area contributed by atoms with Gasteiger partial charge in [-0.25, -0.2) is 10.1 Å². The highest BCUT2D eigenvalue weighted by atomic mass is 16.5. The zero-order valence-corrected chi connectivity index (χ0v) is 15.4. The molecule has 0 spiro atoms. The number of nitrogens with zero attached hydrogens (tertiary/aromatic N) is 3. The smallest absolute Gasteiger partial charge is 0.264 e. The number of anilines is 1. The van der Waals surface area contributed by atoms with Crippen LogP contribution in [0.15, 0.2) is 35.4 Å². The van der Waals surface area contributed by atoms with Crippen LogP contribution in [-0.4, -0.2) is 40.5 Å². The molecule has 3 aromatic rings. The number of rotatable bonds is 4. The van der Waals surface area contributed by atoms with Gasteiger partial charge in [0.15, 0.2) is 5.82 Å². The number of fused-ring (bicyclic) bond motifs is 1. The first-order chi connectivity index (χ1) is 13.7. The third kappa shape index (κ3) is 3.60. The molecule has 141 valence electrons. The van der Waals surface area contributed by atoms with E-state index in [-0.39, 0.29) is 11.4 Å². The summed E-state index contributed by atoms with van der Waals surface area (Å²) in [6.07, 6.45) is 7.20. The summed E-state index contributed by atoms with van der Waals surface area (Å²) in [5.41, 5.74) is 2.25. The van der Waals surface area contributed by atoms with Gasteiger partial charge < -0.3 is 10.1 Å². The standard InChI is InChI=1S/C19H19BN5O3/c1-28-14-3-2-13(11-4-6-20-7-5-11)17-18(14)23-15(10-21-17)24-19(27)12-8-16(26)25-22-9-12/h2-3,8-11H,4-7H2,1H3,(H,25,26)(H,23,24,27).